The zero-order chi connectivity index (χ0) is 25.5. The molecule has 5 aliphatic rings. The van der Waals surface area contributed by atoms with Gasteiger partial charge in [-0.15, -0.1) is 0 Å². The second kappa shape index (κ2) is 9.82. The highest BCUT2D eigenvalue weighted by Gasteiger charge is 2.55. The van der Waals surface area contributed by atoms with E-state index < -0.39 is 5.54 Å². The van der Waals surface area contributed by atoms with Crippen molar-refractivity contribution in [3.63, 3.8) is 0 Å². The number of amides is 2. The molecular weight excluding hydrogens is 458 g/mol. The molecule has 4 saturated carbocycles. The normalized spacial score (nSPS) is 31.7. The Morgan fingerprint density at radius 2 is 1.92 bits per heavy atom. The summed E-state index contributed by atoms with van der Waals surface area (Å²) in [5.74, 6) is 2.24. The van der Waals surface area contributed by atoms with Crippen LogP contribution in [0.2, 0.25) is 0 Å². The summed E-state index contributed by atoms with van der Waals surface area (Å²) < 4.78 is 7.30. The van der Waals surface area contributed by atoms with Crippen molar-refractivity contribution in [3.05, 3.63) is 17.8 Å². The third kappa shape index (κ3) is 4.92. The molecule has 0 radical (unpaired) electrons. The Bertz CT molecular complexity index is 996. The van der Waals surface area contributed by atoms with E-state index in [-0.39, 0.29) is 29.9 Å². The lowest BCUT2D eigenvalue weighted by atomic mass is 9.48. The molecule has 1 aromatic rings. The minimum atomic E-state index is -0.549. The van der Waals surface area contributed by atoms with Crippen molar-refractivity contribution in [1.82, 2.24) is 20.4 Å². The second-order valence-corrected chi connectivity index (χ2v) is 12.0. The molecule has 1 aromatic heterocycles. The monoisotopic (exact) mass is 499 g/mol. The summed E-state index contributed by atoms with van der Waals surface area (Å²) in [5, 5.41) is 21.1. The number of nitrogens with zero attached hydrogens (tertiary/aromatic N) is 3. The minimum absolute atomic E-state index is 0.0165. The molecule has 4 aliphatic carbocycles. The molecule has 6 rings (SSSR count). The number of nitrogens with one attached hydrogen (secondary N) is 2. The molecule has 3 N–H and O–H groups in total. The maximum Gasteiger partial charge on any atom is 0.256 e. The van der Waals surface area contributed by atoms with Crippen molar-refractivity contribution in [2.45, 2.75) is 70.9 Å². The van der Waals surface area contributed by atoms with E-state index in [0.717, 1.165) is 37.9 Å². The van der Waals surface area contributed by atoms with Crippen LogP contribution in [0.25, 0.3) is 6.20 Å². The van der Waals surface area contributed by atoms with Crippen LogP contribution >= 0.6 is 0 Å². The van der Waals surface area contributed by atoms with E-state index in [0.29, 0.717) is 56.0 Å². The smallest absolute Gasteiger partial charge is 0.256 e. The van der Waals surface area contributed by atoms with Crippen LogP contribution in [0, 0.1) is 23.2 Å². The Labute approximate surface area is 213 Å². The first-order valence-electron chi connectivity index (χ1n) is 13.5. The van der Waals surface area contributed by atoms with Crippen LogP contribution in [0.5, 0.6) is 0 Å². The van der Waals surface area contributed by atoms with Crippen LogP contribution < -0.4 is 15.5 Å². The summed E-state index contributed by atoms with van der Waals surface area (Å²) in [5.41, 5.74) is 0.0988. The molecular formula is C27H41N5O4. The summed E-state index contributed by atoms with van der Waals surface area (Å²) in [7, 11) is 0. The lowest BCUT2D eigenvalue weighted by Crippen LogP contribution is -2.60. The summed E-state index contributed by atoms with van der Waals surface area (Å²) >= 11 is 0. The molecule has 0 spiro atoms. The average molecular weight is 500 g/mol. The Morgan fingerprint density at radius 3 is 2.56 bits per heavy atom. The molecule has 1 saturated heterocycles. The van der Waals surface area contributed by atoms with E-state index in [1.54, 1.807) is 10.9 Å². The van der Waals surface area contributed by atoms with Crippen LogP contribution in [0.4, 0.5) is 5.82 Å². The van der Waals surface area contributed by atoms with Crippen molar-refractivity contribution >= 4 is 23.8 Å². The molecule has 9 heteroatoms. The Morgan fingerprint density at radius 1 is 1.22 bits per heavy atom. The molecule has 0 aromatic carbocycles. The molecule has 2 amide bonds. The van der Waals surface area contributed by atoms with E-state index in [1.165, 1.54) is 0 Å². The number of carbonyl (C=O) groups excluding carboxylic acids is 2. The topological polar surface area (TPSA) is 109 Å². The number of aliphatic hydroxyl groups excluding tert-OH is 1. The average Bonchev–Trinajstić information content (AvgIpc) is 3.29. The Hall–Kier alpha value is -2.39. The lowest BCUT2D eigenvalue weighted by Gasteiger charge is -2.59. The fraction of sp³-hybridized carbons (Fsp3) is 0.741. The van der Waals surface area contributed by atoms with E-state index in [9.17, 15) is 14.7 Å². The maximum atomic E-state index is 13.7. The Kier molecular flexibility index (Phi) is 6.89. The van der Waals surface area contributed by atoms with Gasteiger partial charge in [0.2, 0.25) is 5.91 Å². The molecule has 2 atom stereocenters. The summed E-state index contributed by atoms with van der Waals surface area (Å²) in [6.07, 6.45) is 11.3. The number of ether oxygens (including phenoxy) is 1. The van der Waals surface area contributed by atoms with Crippen molar-refractivity contribution < 1.29 is 19.4 Å². The largest absolute Gasteiger partial charge is 0.396 e. The highest BCUT2D eigenvalue weighted by Crippen LogP contribution is 2.59. The van der Waals surface area contributed by atoms with Crippen molar-refractivity contribution in [2.24, 2.45) is 23.2 Å². The minimum Gasteiger partial charge on any atom is -0.396 e. The van der Waals surface area contributed by atoms with Gasteiger partial charge in [-0.3, -0.25) is 9.59 Å². The van der Waals surface area contributed by atoms with Gasteiger partial charge < -0.3 is 25.4 Å². The third-order valence-corrected chi connectivity index (χ3v) is 8.77. The quantitative estimate of drug-likeness (QED) is 0.507. The number of aliphatic hydroxyl groups is 1. The van der Waals surface area contributed by atoms with Gasteiger partial charge in [-0.05, 0) is 75.2 Å². The lowest BCUT2D eigenvalue weighted by molar-refractivity contribution is -0.121. The van der Waals surface area contributed by atoms with Crippen LogP contribution in [0.1, 0.15) is 69.7 Å². The van der Waals surface area contributed by atoms with E-state index in [4.69, 9.17) is 4.74 Å². The van der Waals surface area contributed by atoms with Crippen LogP contribution in [0.3, 0.4) is 0 Å². The predicted octanol–water partition coefficient (Wildman–Crippen LogP) is 2.41. The van der Waals surface area contributed by atoms with E-state index in [1.807, 2.05) is 33.0 Å². The van der Waals surface area contributed by atoms with Crippen LogP contribution in [0.15, 0.2) is 12.3 Å². The molecule has 9 nitrogen and oxygen atoms in total. The highest BCUT2D eigenvalue weighted by molar-refractivity contribution is 5.99. The number of rotatable bonds is 8. The maximum absolute atomic E-state index is 13.7. The SMILES string of the molecule is CCC(=O)NC(C)(C)/C=C/n1ncc(C(=O)N[C@H]2C3CC4CC2C[C@](CO)(C4)C3)c1N1CCOCC1. The summed E-state index contributed by atoms with van der Waals surface area (Å²) in [4.78, 5) is 27.8. The first kappa shape index (κ1) is 25.3. The number of anilines is 1. The van der Waals surface area contributed by atoms with Gasteiger partial charge in [0.1, 0.15) is 11.4 Å². The molecule has 4 bridgehead atoms. The number of carbonyl (C=O) groups is 2. The number of aromatic nitrogens is 2. The first-order chi connectivity index (χ1) is 17.2. The number of morpholine rings is 1. The highest BCUT2D eigenvalue weighted by atomic mass is 16.5. The van der Waals surface area contributed by atoms with Gasteiger partial charge in [-0.1, -0.05) is 6.92 Å². The fourth-order valence-corrected chi connectivity index (χ4v) is 7.31. The third-order valence-electron chi connectivity index (χ3n) is 8.77. The van der Waals surface area contributed by atoms with Crippen molar-refractivity contribution in [3.8, 4) is 0 Å². The van der Waals surface area contributed by atoms with Gasteiger partial charge in [0.25, 0.3) is 5.91 Å². The fourth-order valence-electron chi connectivity index (χ4n) is 7.31. The molecule has 5 fully saturated rings. The van der Waals surface area contributed by atoms with Gasteiger partial charge in [-0.25, -0.2) is 4.68 Å². The van der Waals surface area contributed by atoms with E-state index in [2.05, 4.69) is 20.6 Å². The van der Waals surface area contributed by atoms with Crippen molar-refractivity contribution in [2.75, 3.05) is 37.8 Å². The summed E-state index contributed by atoms with van der Waals surface area (Å²) in [6, 6.07) is 0.161. The van der Waals surface area contributed by atoms with Gasteiger partial charge in [0.05, 0.1) is 24.9 Å². The molecule has 198 valence electrons. The molecule has 36 heavy (non-hydrogen) atoms. The Balaban J connectivity index is 1.37. The van der Waals surface area contributed by atoms with Crippen LogP contribution in [-0.4, -0.2) is 71.2 Å². The van der Waals surface area contributed by atoms with Gasteiger partial charge in [0, 0.05) is 38.4 Å². The molecule has 2 unspecified atom stereocenters. The van der Waals surface area contributed by atoms with Crippen LogP contribution in [-0.2, 0) is 9.53 Å². The molecule has 1 aliphatic heterocycles. The van der Waals surface area contributed by atoms with E-state index >= 15 is 0 Å². The standard InChI is InChI=1S/C27H41N5O4/c1-4-22(34)30-26(2,3)5-6-32-25(31-7-9-36-10-8-31)21(16-28-32)24(35)29-23-19-11-18-12-20(23)15-27(13-18,14-19)17-33/h5-6,16,18-20,23,33H,4,7-15,17H2,1-3H3,(H,29,35)(H,30,34)/b6-5+/t18?,19?,20?,23-,27-. The van der Waals surface area contributed by atoms with Crippen molar-refractivity contribution in [1.29, 1.82) is 0 Å². The summed E-state index contributed by atoms with van der Waals surface area (Å²) in [6.45, 7) is 8.55. The second-order valence-electron chi connectivity index (χ2n) is 12.0. The number of hydrogen-bond donors (Lipinski definition) is 3. The first-order valence-corrected chi connectivity index (χ1v) is 13.5. The predicted molar refractivity (Wildman–Crippen MR) is 137 cm³/mol. The van der Waals surface area contributed by atoms with Gasteiger partial charge >= 0.3 is 0 Å². The molecule has 2 heterocycles. The zero-order valence-electron chi connectivity index (χ0n) is 21.8. The zero-order valence-corrected chi connectivity index (χ0v) is 21.8. The number of hydrogen-bond acceptors (Lipinski definition) is 6. The van der Waals surface area contributed by atoms with Gasteiger partial charge in [0.15, 0.2) is 0 Å². The van der Waals surface area contributed by atoms with Gasteiger partial charge in [-0.2, -0.15) is 5.10 Å².